The largest absolute Gasteiger partial charge is 0.395 e. The topological polar surface area (TPSA) is 49.5 Å². The lowest BCUT2D eigenvalue weighted by Gasteiger charge is -2.37. The quantitative estimate of drug-likeness (QED) is 0.736. The molecule has 5 heteroatoms. The second kappa shape index (κ2) is 8.02. The first-order chi connectivity index (χ1) is 8.56. The van der Waals surface area contributed by atoms with E-state index in [0.29, 0.717) is 19.0 Å². The van der Waals surface area contributed by atoms with Gasteiger partial charge in [0.15, 0.2) is 0 Å². The Balaban J connectivity index is 2.49. The van der Waals surface area contributed by atoms with Crippen LogP contribution in [0.3, 0.4) is 0 Å². The molecule has 3 N–H and O–H groups in total. The number of nitrogens with two attached hydrogens (primary N) is 1. The highest BCUT2D eigenvalue weighted by molar-refractivity contribution is 4.84. The van der Waals surface area contributed by atoms with Crippen LogP contribution in [0.2, 0.25) is 0 Å². The lowest BCUT2D eigenvalue weighted by molar-refractivity contribution is 0.0588. The van der Waals surface area contributed by atoms with E-state index in [-0.39, 0.29) is 25.1 Å². The van der Waals surface area contributed by atoms with Crippen molar-refractivity contribution < 1.29 is 13.9 Å². The molecule has 3 nitrogen and oxygen atoms in total. The van der Waals surface area contributed by atoms with Gasteiger partial charge in [0.25, 0.3) is 6.43 Å². The van der Waals surface area contributed by atoms with Gasteiger partial charge in [-0.05, 0) is 31.1 Å². The van der Waals surface area contributed by atoms with Crippen LogP contribution in [0.5, 0.6) is 0 Å². The van der Waals surface area contributed by atoms with E-state index in [0.717, 1.165) is 25.7 Å². The van der Waals surface area contributed by atoms with Crippen LogP contribution in [0.4, 0.5) is 8.78 Å². The Morgan fingerprint density at radius 2 is 2.11 bits per heavy atom. The molecule has 1 fully saturated rings. The first-order valence-electron chi connectivity index (χ1n) is 6.93. The van der Waals surface area contributed by atoms with E-state index < -0.39 is 6.43 Å². The molecular weight excluding hydrogens is 238 g/mol. The summed E-state index contributed by atoms with van der Waals surface area (Å²) in [5, 5.41) is 8.93. The number of nitrogens with zero attached hydrogens (tertiary/aromatic N) is 1. The van der Waals surface area contributed by atoms with E-state index in [1.807, 2.05) is 0 Å². The van der Waals surface area contributed by atoms with Gasteiger partial charge in [0.05, 0.1) is 13.2 Å². The van der Waals surface area contributed by atoms with E-state index in [1.165, 1.54) is 0 Å². The number of hydrogen-bond acceptors (Lipinski definition) is 3. The summed E-state index contributed by atoms with van der Waals surface area (Å²) in [6.07, 6.45) is 1.97. The van der Waals surface area contributed by atoms with Crippen LogP contribution in [-0.2, 0) is 0 Å². The minimum absolute atomic E-state index is 0.0775. The van der Waals surface area contributed by atoms with E-state index in [2.05, 4.69) is 6.92 Å². The molecule has 1 rings (SSSR count). The van der Waals surface area contributed by atoms with Crippen molar-refractivity contribution in [3.05, 3.63) is 0 Å². The fourth-order valence-corrected chi connectivity index (χ4v) is 2.89. The lowest BCUT2D eigenvalue weighted by Crippen LogP contribution is -2.45. The maximum atomic E-state index is 12.4. The first-order valence-corrected chi connectivity index (χ1v) is 6.93. The zero-order valence-electron chi connectivity index (χ0n) is 11.2. The lowest BCUT2D eigenvalue weighted by atomic mass is 9.77. The molecular formula is C13H26F2N2O. The van der Waals surface area contributed by atoms with Crippen molar-refractivity contribution in [2.75, 3.05) is 26.2 Å². The number of aliphatic hydroxyl groups is 1. The first kappa shape index (κ1) is 15.8. The Labute approximate surface area is 108 Å². The zero-order valence-corrected chi connectivity index (χ0v) is 11.2. The van der Waals surface area contributed by atoms with E-state index in [4.69, 9.17) is 10.8 Å². The molecule has 3 atom stereocenters. The molecule has 1 aliphatic rings. The standard InChI is InChI=1S/C13H26F2N2O/c1-2-10-3-4-12(16)11(7-10)8-17(5-6-18)9-13(14)15/h10-13,18H,2-9,16H2,1H3. The molecule has 3 unspecified atom stereocenters. The second-order valence-corrected chi connectivity index (χ2v) is 5.39. The van der Waals surface area contributed by atoms with Crippen molar-refractivity contribution in [2.45, 2.75) is 45.1 Å². The Bertz CT molecular complexity index is 229. The van der Waals surface area contributed by atoms with Crippen molar-refractivity contribution in [2.24, 2.45) is 17.6 Å². The van der Waals surface area contributed by atoms with Crippen LogP contribution < -0.4 is 5.73 Å². The summed E-state index contributed by atoms with van der Waals surface area (Å²) in [5.41, 5.74) is 6.09. The Morgan fingerprint density at radius 1 is 1.39 bits per heavy atom. The zero-order chi connectivity index (χ0) is 13.5. The van der Waals surface area contributed by atoms with Crippen LogP contribution >= 0.6 is 0 Å². The van der Waals surface area contributed by atoms with Crippen molar-refractivity contribution in [3.8, 4) is 0 Å². The maximum Gasteiger partial charge on any atom is 0.251 e. The molecule has 1 aliphatic carbocycles. The van der Waals surface area contributed by atoms with Gasteiger partial charge in [0, 0.05) is 19.1 Å². The molecule has 0 aromatic rings. The number of aliphatic hydroxyl groups excluding tert-OH is 1. The van der Waals surface area contributed by atoms with E-state index >= 15 is 0 Å². The van der Waals surface area contributed by atoms with Gasteiger partial charge >= 0.3 is 0 Å². The average Bonchev–Trinajstić information content (AvgIpc) is 2.31. The van der Waals surface area contributed by atoms with Crippen LogP contribution in [0.25, 0.3) is 0 Å². The molecule has 0 heterocycles. The Morgan fingerprint density at radius 3 is 2.67 bits per heavy atom. The monoisotopic (exact) mass is 264 g/mol. The third-order valence-corrected chi connectivity index (χ3v) is 4.03. The second-order valence-electron chi connectivity index (χ2n) is 5.39. The van der Waals surface area contributed by atoms with E-state index in [1.54, 1.807) is 4.90 Å². The molecule has 0 aromatic carbocycles. The minimum atomic E-state index is -2.35. The van der Waals surface area contributed by atoms with Crippen LogP contribution in [0.1, 0.15) is 32.6 Å². The van der Waals surface area contributed by atoms with Crippen molar-refractivity contribution in [1.29, 1.82) is 0 Å². The van der Waals surface area contributed by atoms with Gasteiger partial charge in [-0.15, -0.1) is 0 Å². The fraction of sp³-hybridized carbons (Fsp3) is 1.00. The fourth-order valence-electron chi connectivity index (χ4n) is 2.89. The van der Waals surface area contributed by atoms with Crippen molar-refractivity contribution >= 4 is 0 Å². The normalized spacial score (nSPS) is 29.2. The number of halogens is 2. The summed E-state index contributed by atoms with van der Waals surface area (Å²) in [6.45, 7) is 2.72. The summed E-state index contributed by atoms with van der Waals surface area (Å²) < 4.78 is 24.9. The number of rotatable bonds is 7. The predicted molar refractivity (Wildman–Crippen MR) is 68.6 cm³/mol. The summed E-state index contributed by atoms with van der Waals surface area (Å²) in [5.74, 6) is 0.964. The van der Waals surface area contributed by atoms with Crippen LogP contribution in [-0.4, -0.2) is 48.7 Å². The Hall–Kier alpha value is -0.260. The van der Waals surface area contributed by atoms with Gasteiger partial charge in [0.1, 0.15) is 0 Å². The highest BCUT2D eigenvalue weighted by Gasteiger charge is 2.29. The minimum Gasteiger partial charge on any atom is -0.395 e. The molecule has 0 saturated heterocycles. The van der Waals surface area contributed by atoms with Crippen LogP contribution in [0, 0.1) is 11.8 Å². The molecule has 0 amide bonds. The highest BCUT2D eigenvalue weighted by atomic mass is 19.3. The van der Waals surface area contributed by atoms with Gasteiger partial charge in [-0.3, -0.25) is 4.90 Å². The van der Waals surface area contributed by atoms with Crippen LogP contribution in [0.15, 0.2) is 0 Å². The van der Waals surface area contributed by atoms with Gasteiger partial charge in [-0.2, -0.15) is 0 Å². The molecule has 1 saturated carbocycles. The SMILES string of the molecule is CCC1CCC(N)C(CN(CCO)CC(F)F)C1. The summed E-state index contributed by atoms with van der Waals surface area (Å²) >= 11 is 0. The molecule has 0 spiro atoms. The Kier molecular flexibility index (Phi) is 7.04. The van der Waals surface area contributed by atoms with Gasteiger partial charge in [-0.25, -0.2) is 8.78 Å². The smallest absolute Gasteiger partial charge is 0.251 e. The number of alkyl halides is 2. The van der Waals surface area contributed by atoms with Crippen molar-refractivity contribution in [1.82, 2.24) is 4.90 Å². The predicted octanol–water partition coefficient (Wildman–Crippen LogP) is 1.70. The molecule has 18 heavy (non-hydrogen) atoms. The average molecular weight is 264 g/mol. The summed E-state index contributed by atoms with van der Waals surface area (Å²) in [4.78, 5) is 1.65. The van der Waals surface area contributed by atoms with E-state index in [9.17, 15) is 8.78 Å². The maximum absolute atomic E-state index is 12.4. The molecule has 0 radical (unpaired) electrons. The van der Waals surface area contributed by atoms with Gasteiger partial charge in [0.2, 0.25) is 0 Å². The van der Waals surface area contributed by atoms with Gasteiger partial charge in [-0.1, -0.05) is 13.3 Å². The van der Waals surface area contributed by atoms with Gasteiger partial charge < -0.3 is 10.8 Å². The molecule has 0 bridgehead atoms. The third-order valence-electron chi connectivity index (χ3n) is 4.03. The number of hydrogen-bond donors (Lipinski definition) is 2. The molecule has 108 valence electrons. The highest BCUT2D eigenvalue weighted by Crippen LogP contribution is 2.30. The third kappa shape index (κ3) is 5.16. The van der Waals surface area contributed by atoms with Crippen molar-refractivity contribution in [3.63, 3.8) is 0 Å². The molecule has 0 aromatic heterocycles. The summed E-state index contributed by atoms with van der Waals surface area (Å²) in [6, 6.07) is 0.117. The molecule has 0 aliphatic heterocycles. The summed E-state index contributed by atoms with van der Waals surface area (Å²) in [7, 11) is 0.